The van der Waals surface area contributed by atoms with Gasteiger partial charge in [-0.1, -0.05) is 24.3 Å². The molecule has 2 radical (unpaired) electrons. The van der Waals surface area contributed by atoms with Crippen LogP contribution in [-0.4, -0.2) is 5.91 Å². The number of rotatable bonds is 2. The largest absolute Gasteiger partial charge is 0.417 e. The maximum absolute atomic E-state index is 12.8. The highest BCUT2D eigenvalue weighted by Crippen LogP contribution is 2.32. The minimum Gasteiger partial charge on any atom is -0.322 e. The van der Waals surface area contributed by atoms with Crippen molar-refractivity contribution in [2.24, 2.45) is 0 Å². The van der Waals surface area contributed by atoms with Gasteiger partial charge in [-0.2, -0.15) is 13.2 Å². The van der Waals surface area contributed by atoms with Crippen molar-refractivity contribution in [2.75, 3.05) is 5.32 Å². The SMILES string of the molecule is [CH]c1cccc(NC(=O)c2ccccc2C(F)(F)F)c1. The van der Waals surface area contributed by atoms with E-state index in [1.807, 2.05) is 0 Å². The van der Waals surface area contributed by atoms with Crippen molar-refractivity contribution in [2.45, 2.75) is 6.18 Å². The lowest BCUT2D eigenvalue weighted by Gasteiger charge is -2.12. The lowest BCUT2D eigenvalue weighted by atomic mass is 10.1. The predicted molar refractivity (Wildman–Crippen MR) is 69.2 cm³/mol. The molecule has 0 unspecified atom stereocenters. The maximum Gasteiger partial charge on any atom is 0.417 e. The topological polar surface area (TPSA) is 29.1 Å². The first-order valence-electron chi connectivity index (χ1n) is 5.71. The molecule has 2 rings (SSSR count). The Kier molecular flexibility index (Phi) is 3.79. The molecule has 5 heteroatoms. The van der Waals surface area contributed by atoms with Gasteiger partial charge in [0.1, 0.15) is 0 Å². The monoisotopic (exact) mass is 277 g/mol. The second-order valence-electron chi connectivity index (χ2n) is 4.12. The van der Waals surface area contributed by atoms with E-state index in [0.717, 1.165) is 12.1 Å². The van der Waals surface area contributed by atoms with Crippen LogP contribution in [-0.2, 0) is 6.18 Å². The average Bonchev–Trinajstić information content (AvgIpc) is 2.37. The summed E-state index contributed by atoms with van der Waals surface area (Å²) in [4.78, 5) is 11.9. The highest BCUT2D eigenvalue weighted by Gasteiger charge is 2.34. The highest BCUT2D eigenvalue weighted by atomic mass is 19.4. The van der Waals surface area contributed by atoms with Gasteiger partial charge >= 0.3 is 6.18 Å². The predicted octanol–water partition coefficient (Wildman–Crippen LogP) is 4.02. The first kappa shape index (κ1) is 14.1. The van der Waals surface area contributed by atoms with Crippen LogP contribution >= 0.6 is 0 Å². The van der Waals surface area contributed by atoms with E-state index >= 15 is 0 Å². The summed E-state index contributed by atoms with van der Waals surface area (Å²) in [6.45, 7) is 5.54. The Labute approximate surface area is 114 Å². The van der Waals surface area contributed by atoms with Crippen LogP contribution in [0.15, 0.2) is 48.5 Å². The van der Waals surface area contributed by atoms with Gasteiger partial charge in [0.05, 0.1) is 11.1 Å². The second kappa shape index (κ2) is 5.36. The molecule has 0 saturated heterocycles. The molecule has 0 fully saturated rings. The van der Waals surface area contributed by atoms with E-state index in [4.69, 9.17) is 6.92 Å². The number of benzene rings is 2. The van der Waals surface area contributed by atoms with Crippen LogP contribution in [0.2, 0.25) is 0 Å². The molecule has 1 N–H and O–H groups in total. The normalized spacial score (nSPS) is 11.2. The molecule has 2 nitrogen and oxygen atoms in total. The fraction of sp³-hybridized carbons (Fsp3) is 0.0667. The van der Waals surface area contributed by atoms with Gasteiger partial charge < -0.3 is 5.32 Å². The number of alkyl halides is 3. The third kappa shape index (κ3) is 3.17. The number of hydrogen-bond acceptors (Lipinski definition) is 1. The summed E-state index contributed by atoms with van der Waals surface area (Å²) in [6.07, 6.45) is -4.58. The van der Waals surface area contributed by atoms with Crippen molar-refractivity contribution in [1.82, 2.24) is 0 Å². The number of carbonyl (C=O) groups excluding carboxylic acids is 1. The lowest BCUT2D eigenvalue weighted by Crippen LogP contribution is -2.18. The fourth-order valence-corrected chi connectivity index (χ4v) is 1.74. The molecule has 0 saturated carbocycles. The lowest BCUT2D eigenvalue weighted by molar-refractivity contribution is -0.137. The van der Waals surface area contributed by atoms with Gasteiger partial charge in [0, 0.05) is 5.69 Å². The molecule has 0 aliphatic carbocycles. The first-order valence-corrected chi connectivity index (χ1v) is 5.71. The Hall–Kier alpha value is -2.30. The van der Waals surface area contributed by atoms with Crippen molar-refractivity contribution in [3.05, 3.63) is 72.1 Å². The van der Waals surface area contributed by atoms with Gasteiger partial charge in [-0.25, -0.2) is 0 Å². The van der Waals surface area contributed by atoms with Crippen LogP contribution in [0.1, 0.15) is 21.5 Å². The molecule has 2 aromatic carbocycles. The molecular weight excluding hydrogens is 267 g/mol. The fourth-order valence-electron chi connectivity index (χ4n) is 1.74. The summed E-state index contributed by atoms with van der Waals surface area (Å²) < 4.78 is 38.4. The van der Waals surface area contributed by atoms with Gasteiger partial charge in [-0.05, 0) is 36.8 Å². The Morgan fingerprint density at radius 2 is 1.75 bits per heavy atom. The Morgan fingerprint density at radius 3 is 2.40 bits per heavy atom. The smallest absolute Gasteiger partial charge is 0.322 e. The zero-order chi connectivity index (χ0) is 14.8. The minimum absolute atomic E-state index is 0.340. The van der Waals surface area contributed by atoms with E-state index in [-0.39, 0.29) is 0 Å². The van der Waals surface area contributed by atoms with E-state index in [2.05, 4.69) is 5.32 Å². The first-order chi connectivity index (χ1) is 9.38. The summed E-state index contributed by atoms with van der Waals surface area (Å²) in [6, 6.07) is 10.8. The highest BCUT2D eigenvalue weighted by molar-refractivity contribution is 6.05. The van der Waals surface area contributed by atoms with Crippen molar-refractivity contribution in [1.29, 1.82) is 0 Å². The van der Waals surface area contributed by atoms with Gasteiger partial charge in [-0.3, -0.25) is 4.79 Å². The standard InChI is InChI=1S/C15H10F3NO/c1-10-5-4-6-11(9-10)19-14(20)12-7-2-3-8-13(12)15(16,17)18/h1-9H,(H,19,20). The zero-order valence-corrected chi connectivity index (χ0v) is 10.2. The molecule has 0 aliphatic heterocycles. The Bertz CT molecular complexity index is 635. The van der Waals surface area contributed by atoms with Crippen LogP contribution in [0.25, 0.3) is 0 Å². The van der Waals surface area contributed by atoms with E-state index < -0.39 is 23.2 Å². The van der Waals surface area contributed by atoms with Crippen molar-refractivity contribution < 1.29 is 18.0 Å². The van der Waals surface area contributed by atoms with Crippen LogP contribution in [0, 0.1) is 6.92 Å². The molecule has 2 aromatic rings. The Morgan fingerprint density at radius 1 is 1.05 bits per heavy atom. The zero-order valence-electron chi connectivity index (χ0n) is 10.2. The van der Waals surface area contributed by atoms with Crippen LogP contribution in [0.3, 0.4) is 0 Å². The average molecular weight is 277 g/mol. The van der Waals surface area contributed by atoms with Crippen LogP contribution in [0.4, 0.5) is 18.9 Å². The van der Waals surface area contributed by atoms with Crippen LogP contribution < -0.4 is 5.32 Å². The number of nitrogens with one attached hydrogen (secondary N) is 1. The molecule has 0 spiro atoms. The van der Waals surface area contributed by atoms with Gasteiger partial charge in [0.25, 0.3) is 5.91 Å². The van der Waals surface area contributed by atoms with Gasteiger partial charge in [0.15, 0.2) is 0 Å². The number of hydrogen-bond donors (Lipinski definition) is 1. The molecule has 0 bridgehead atoms. The summed E-state index contributed by atoms with van der Waals surface area (Å²) in [5, 5.41) is 2.39. The molecule has 20 heavy (non-hydrogen) atoms. The number of anilines is 1. The van der Waals surface area contributed by atoms with E-state index in [9.17, 15) is 18.0 Å². The second-order valence-corrected chi connectivity index (χ2v) is 4.12. The number of carbonyl (C=O) groups is 1. The summed E-state index contributed by atoms with van der Waals surface area (Å²) >= 11 is 0. The third-order valence-electron chi connectivity index (χ3n) is 2.62. The molecule has 1 amide bonds. The van der Waals surface area contributed by atoms with E-state index in [0.29, 0.717) is 11.3 Å². The van der Waals surface area contributed by atoms with E-state index in [1.165, 1.54) is 18.2 Å². The summed E-state index contributed by atoms with van der Waals surface area (Å²) in [7, 11) is 0. The number of amides is 1. The molecule has 0 heterocycles. The molecular formula is C15H10F3NO. The van der Waals surface area contributed by atoms with Crippen molar-refractivity contribution in [3.63, 3.8) is 0 Å². The summed E-state index contributed by atoms with van der Waals surface area (Å²) in [5.41, 5.74) is -0.650. The van der Waals surface area contributed by atoms with Gasteiger partial charge in [0.2, 0.25) is 0 Å². The quantitative estimate of drug-likeness (QED) is 0.882. The molecule has 0 atom stereocenters. The van der Waals surface area contributed by atoms with Crippen LogP contribution in [0.5, 0.6) is 0 Å². The summed E-state index contributed by atoms with van der Waals surface area (Å²) in [5.74, 6) is -0.830. The minimum atomic E-state index is -4.58. The van der Waals surface area contributed by atoms with Gasteiger partial charge in [-0.15, -0.1) is 0 Å². The van der Waals surface area contributed by atoms with Crippen molar-refractivity contribution in [3.8, 4) is 0 Å². The maximum atomic E-state index is 12.8. The van der Waals surface area contributed by atoms with Crippen molar-refractivity contribution >= 4 is 11.6 Å². The third-order valence-corrected chi connectivity index (χ3v) is 2.62. The molecule has 0 aromatic heterocycles. The molecule has 0 aliphatic rings. The number of halogens is 3. The molecule has 102 valence electrons. The van der Waals surface area contributed by atoms with E-state index in [1.54, 1.807) is 18.2 Å². The Balaban J connectivity index is 2.31.